The minimum atomic E-state index is -0.227. The van der Waals surface area contributed by atoms with E-state index in [2.05, 4.69) is 19.2 Å². The van der Waals surface area contributed by atoms with E-state index < -0.39 is 0 Å². The van der Waals surface area contributed by atoms with E-state index in [9.17, 15) is 4.79 Å². The summed E-state index contributed by atoms with van der Waals surface area (Å²) in [4.78, 5) is 12.6. The summed E-state index contributed by atoms with van der Waals surface area (Å²) in [5, 5.41) is 3.47. The van der Waals surface area contributed by atoms with Crippen molar-refractivity contribution in [1.82, 2.24) is 0 Å². The van der Waals surface area contributed by atoms with E-state index in [1.54, 1.807) is 18.2 Å². The first-order chi connectivity index (χ1) is 10.6. The molecule has 0 aliphatic heterocycles. The fraction of sp³-hybridized carbons (Fsp3) is 0.278. The molecule has 0 spiro atoms. The van der Waals surface area contributed by atoms with Crippen molar-refractivity contribution in [2.75, 3.05) is 12.4 Å². The molecule has 1 N–H and O–H groups in total. The summed E-state index contributed by atoms with van der Waals surface area (Å²) < 4.78 is 5.24. The number of anilines is 1. The zero-order valence-corrected chi connectivity index (χ0v) is 13.8. The topological polar surface area (TPSA) is 38.3 Å². The van der Waals surface area contributed by atoms with Gasteiger partial charge in [0.05, 0.1) is 12.7 Å². The van der Waals surface area contributed by atoms with Crippen LogP contribution < -0.4 is 10.1 Å². The number of benzene rings is 2. The number of amides is 1. The van der Waals surface area contributed by atoms with E-state index in [0.29, 0.717) is 22.3 Å². The summed E-state index contributed by atoms with van der Waals surface area (Å²) in [6.45, 7) is 4.27. The second kappa shape index (κ2) is 7.32. The smallest absolute Gasteiger partial charge is 0.259 e. The molecule has 1 atom stereocenters. The van der Waals surface area contributed by atoms with Crippen LogP contribution in [-0.2, 0) is 0 Å². The third kappa shape index (κ3) is 3.60. The zero-order chi connectivity index (χ0) is 16.1. The Morgan fingerprint density at radius 3 is 2.68 bits per heavy atom. The second-order valence-electron chi connectivity index (χ2n) is 5.20. The lowest BCUT2D eigenvalue weighted by Gasteiger charge is -2.16. The van der Waals surface area contributed by atoms with Crippen molar-refractivity contribution >= 4 is 23.2 Å². The maximum Gasteiger partial charge on any atom is 0.259 e. The van der Waals surface area contributed by atoms with E-state index >= 15 is 0 Å². The van der Waals surface area contributed by atoms with Crippen LogP contribution in [0.25, 0.3) is 0 Å². The van der Waals surface area contributed by atoms with Gasteiger partial charge in [0.1, 0.15) is 5.75 Å². The number of ether oxygens (including phenoxy) is 1. The highest BCUT2D eigenvalue weighted by atomic mass is 35.5. The van der Waals surface area contributed by atoms with Crippen LogP contribution in [0.15, 0.2) is 42.5 Å². The molecule has 1 amide bonds. The number of methoxy groups -OCH3 is 1. The molecule has 0 saturated heterocycles. The van der Waals surface area contributed by atoms with Crippen LogP contribution in [0.5, 0.6) is 5.75 Å². The fourth-order valence-corrected chi connectivity index (χ4v) is 2.48. The summed E-state index contributed by atoms with van der Waals surface area (Å²) in [6.07, 6.45) is 1.01. The summed E-state index contributed by atoms with van der Waals surface area (Å²) in [7, 11) is 1.53. The molecule has 1 unspecified atom stereocenters. The van der Waals surface area contributed by atoms with Gasteiger partial charge in [0.15, 0.2) is 0 Å². The van der Waals surface area contributed by atoms with Gasteiger partial charge in [-0.25, -0.2) is 0 Å². The number of carbonyl (C=O) groups is 1. The van der Waals surface area contributed by atoms with Crippen molar-refractivity contribution < 1.29 is 9.53 Å². The Labute approximate surface area is 136 Å². The predicted molar refractivity (Wildman–Crippen MR) is 91.1 cm³/mol. The Morgan fingerprint density at radius 2 is 2.00 bits per heavy atom. The molecule has 0 aliphatic rings. The molecule has 0 saturated carbocycles. The molecule has 0 radical (unpaired) electrons. The quantitative estimate of drug-likeness (QED) is 0.831. The van der Waals surface area contributed by atoms with Crippen molar-refractivity contribution in [3.8, 4) is 5.75 Å². The van der Waals surface area contributed by atoms with Gasteiger partial charge >= 0.3 is 0 Å². The van der Waals surface area contributed by atoms with Crippen molar-refractivity contribution in [2.45, 2.75) is 26.2 Å². The van der Waals surface area contributed by atoms with E-state index in [1.807, 2.05) is 24.3 Å². The second-order valence-corrected chi connectivity index (χ2v) is 5.63. The minimum absolute atomic E-state index is 0.227. The van der Waals surface area contributed by atoms with E-state index in [1.165, 1.54) is 7.11 Å². The summed E-state index contributed by atoms with van der Waals surface area (Å²) in [6, 6.07) is 12.9. The highest BCUT2D eigenvalue weighted by Gasteiger charge is 2.16. The molecular formula is C18H20ClNO2. The predicted octanol–water partition coefficient (Wildman–Crippen LogP) is 5.11. The number of rotatable bonds is 5. The highest BCUT2D eigenvalue weighted by molar-refractivity contribution is 6.31. The van der Waals surface area contributed by atoms with Crippen LogP contribution in [0, 0.1) is 0 Å². The normalized spacial score (nSPS) is 11.8. The Morgan fingerprint density at radius 1 is 1.27 bits per heavy atom. The van der Waals surface area contributed by atoms with Gasteiger partial charge in [-0.05, 0) is 42.2 Å². The molecule has 22 heavy (non-hydrogen) atoms. The number of halogens is 1. The first kappa shape index (κ1) is 16.4. The Balaban J connectivity index is 2.32. The van der Waals surface area contributed by atoms with Crippen molar-refractivity contribution in [3.05, 3.63) is 58.6 Å². The maximum atomic E-state index is 12.6. The lowest BCUT2D eigenvalue weighted by Crippen LogP contribution is -2.15. The molecular weight excluding hydrogens is 298 g/mol. The van der Waals surface area contributed by atoms with Crippen LogP contribution in [0.3, 0.4) is 0 Å². The number of carbonyl (C=O) groups excluding carboxylic acids is 1. The van der Waals surface area contributed by atoms with Crippen molar-refractivity contribution in [1.29, 1.82) is 0 Å². The maximum absolute atomic E-state index is 12.6. The van der Waals surface area contributed by atoms with Crippen LogP contribution in [0.4, 0.5) is 5.69 Å². The number of hydrogen-bond acceptors (Lipinski definition) is 2. The van der Waals surface area contributed by atoms with E-state index in [-0.39, 0.29) is 5.91 Å². The first-order valence-corrected chi connectivity index (χ1v) is 7.68. The lowest BCUT2D eigenvalue weighted by molar-refractivity contribution is 0.102. The third-order valence-electron chi connectivity index (χ3n) is 3.76. The Bertz CT molecular complexity index is 670. The average molecular weight is 318 g/mol. The first-order valence-electron chi connectivity index (χ1n) is 7.30. The standard InChI is InChI=1S/C18H20ClNO2/c1-4-12(2)14-7-5-6-8-16(14)20-18(21)15-11-13(19)9-10-17(15)22-3/h5-12H,4H2,1-3H3,(H,20,21). The molecule has 0 bridgehead atoms. The molecule has 0 fully saturated rings. The molecule has 2 aromatic rings. The third-order valence-corrected chi connectivity index (χ3v) is 3.99. The molecule has 2 rings (SSSR count). The van der Waals surface area contributed by atoms with E-state index in [0.717, 1.165) is 17.7 Å². The zero-order valence-electron chi connectivity index (χ0n) is 13.0. The lowest BCUT2D eigenvalue weighted by atomic mass is 9.96. The minimum Gasteiger partial charge on any atom is -0.496 e. The summed E-state index contributed by atoms with van der Waals surface area (Å²) in [5.74, 6) is 0.649. The van der Waals surface area contributed by atoms with Crippen LogP contribution in [-0.4, -0.2) is 13.0 Å². The van der Waals surface area contributed by atoms with Gasteiger partial charge in [-0.2, -0.15) is 0 Å². The molecule has 2 aromatic carbocycles. The van der Waals surface area contributed by atoms with Gasteiger partial charge in [-0.3, -0.25) is 4.79 Å². The van der Waals surface area contributed by atoms with Crippen LogP contribution in [0.2, 0.25) is 5.02 Å². The van der Waals surface area contributed by atoms with Crippen LogP contribution in [0.1, 0.15) is 42.1 Å². The van der Waals surface area contributed by atoms with Gasteiger partial charge in [0.2, 0.25) is 0 Å². The number of nitrogens with one attached hydrogen (secondary N) is 1. The van der Waals surface area contributed by atoms with Gasteiger partial charge in [-0.1, -0.05) is 43.6 Å². The van der Waals surface area contributed by atoms with Gasteiger partial charge < -0.3 is 10.1 Å². The van der Waals surface area contributed by atoms with Crippen LogP contribution >= 0.6 is 11.6 Å². The van der Waals surface area contributed by atoms with Gasteiger partial charge in [0, 0.05) is 10.7 Å². The molecule has 0 aliphatic carbocycles. The average Bonchev–Trinajstić information content (AvgIpc) is 2.54. The SMILES string of the molecule is CCC(C)c1ccccc1NC(=O)c1cc(Cl)ccc1OC. The number of para-hydroxylation sites is 1. The molecule has 4 heteroatoms. The molecule has 3 nitrogen and oxygen atoms in total. The fourth-order valence-electron chi connectivity index (χ4n) is 2.31. The molecule has 0 aromatic heterocycles. The largest absolute Gasteiger partial charge is 0.496 e. The monoisotopic (exact) mass is 317 g/mol. The van der Waals surface area contributed by atoms with Gasteiger partial charge in [-0.15, -0.1) is 0 Å². The van der Waals surface area contributed by atoms with Crippen molar-refractivity contribution in [3.63, 3.8) is 0 Å². The summed E-state index contributed by atoms with van der Waals surface area (Å²) in [5.41, 5.74) is 2.37. The Kier molecular flexibility index (Phi) is 5.45. The van der Waals surface area contributed by atoms with Crippen molar-refractivity contribution in [2.24, 2.45) is 0 Å². The van der Waals surface area contributed by atoms with E-state index in [4.69, 9.17) is 16.3 Å². The molecule has 0 heterocycles. The summed E-state index contributed by atoms with van der Waals surface area (Å²) >= 11 is 5.99. The number of hydrogen-bond donors (Lipinski definition) is 1. The Hall–Kier alpha value is -2.00. The highest BCUT2D eigenvalue weighted by Crippen LogP contribution is 2.28. The molecule has 116 valence electrons. The van der Waals surface area contributed by atoms with Gasteiger partial charge in [0.25, 0.3) is 5.91 Å².